The molecule has 5 nitrogen and oxygen atoms in total. The Balaban J connectivity index is 1.71. The molecule has 1 fully saturated rings. The highest BCUT2D eigenvalue weighted by Gasteiger charge is 2.24. The van der Waals surface area contributed by atoms with Crippen LogP contribution in [0.15, 0.2) is 24.5 Å². The number of likely N-dealkylation sites (tertiary alicyclic amines) is 1. The average Bonchev–Trinajstić information content (AvgIpc) is 3.00. The minimum Gasteiger partial charge on any atom is -0.381 e. The molecule has 1 atom stereocenters. The van der Waals surface area contributed by atoms with Gasteiger partial charge in [0.1, 0.15) is 0 Å². The summed E-state index contributed by atoms with van der Waals surface area (Å²) < 4.78 is 5.50. The monoisotopic (exact) mass is 287 g/mol. The first kappa shape index (κ1) is 14.1. The molecular weight excluding hydrogens is 266 g/mol. The molecule has 0 spiro atoms. The second-order valence-corrected chi connectivity index (χ2v) is 5.55. The van der Waals surface area contributed by atoms with Crippen molar-refractivity contribution >= 4 is 16.9 Å². The van der Waals surface area contributed by atoms with Crippen LogP contribution in [-0.2, 0) is 4.74 Å². The van der Waals surface area contributed by atoms with E-state index in [9.17, 15) is 4.79 Å². The molecule has 1 unspecified atom stereocenters. The number of aromatic amines is 1. The Kier molecular flexibility index (Phi) is 4.20. The minimum absolute atomic E-state index is 0.104. The van der Waals surface area contributed by atoms with E-state index in [1.807, 2.05) is 30.0 Å². The van der Waals surface area contributed by atoms with Crippen LogP contribution >= 0.6 is 0 Å². The van der Waals surface area contributed by atoms with E-state index in [0.29, 0.717) is 5.92 Å². The maximum Gasteiger partial charge on any atom is 0.253 e. The number of aromatic nitrogens is 2. The number of nitrogens with zero attached hydrogens (tertiary/aromatic N) is 2. The van der Waals surface area contributed by atoms with Crippen LogP contribution in [0.3, 0.4) is 0 Å². The number of amides is 1. The Morgan fingerprint density at radius 2 is 2.43 bits per heavy atom. The molecule has 0 saturated carbocycles. The molecule has 0 aliphatic carbocycles. The van der Waals surface area contributed by atoms with Gasteiger partial charge in [-0.2, -0.15) is 0 Å². The van der Waals surface area contributed by atoms with Gasteiger partial charge in [0.25, 0.3) is 5.91 Å². The molecule has 1 aromatic heterocycles. The first-order valence-electron chi connectivity index (χ1n) is 7.58. The van der Waals surface area contributed by atoms with E-state index in [2.05, 4.69) is 9.97 Å². The smallest absolute Gasteiger partial charge is 0.253 e. The van der Waals surface area contributed by atoms with Gasteiger partial charge >= 0.3 is 0 Å². The first-order valence-corrected chi connectivity index (χ1v) is 7.58. The van der Waals surface area contributed by atoms with E-state index in [0.717, 1.165) is 55.7 Å². The fourth-order valence-electron chi connectivity index (χ4n) is 2.92. The predicted octanol–water partition coefficient (Wildman–Crippen LogP) is 2.45. The number of nitrogens with one attached hydrogen (secondary N) is 1. The minimum atomic E-state index is 0.104. The van der Waals surface area contributed by atoms with E-state index in [-0.39, 0.29) is 5.91 Å². The Morgan fingerprint density at radius 1 is 1.52 bits per heavy atom. The Labute approximate surface area is 124 Å². The summed E-state index contributed by atoms with van der Waals surface area (Å²) in [6.45, 7) is 5.12. The van der Waals surface area contributed by atoms with Crippen LogP contribution < -0.4 is 0 Å². The Hall–Kier alpha value is -1.88. The Bertz CT molecular complexity index is 623. The fourth-order valence-corrected chi connectivity index (χ4v) is 2.92. The van der Waals surface area contributed by atoms with Crippen LogP contribution in [0.1, 0.15) is 30.1 Å². The van der Waals surface area contributed by atoms with Crippen LogP contribution in [0.5, 0.6) is 0 Å². The van der Waals surface area contributed by atoms with Crippen molar-refractivity contribution in [2.24, 2.45) is 5.92 Å². The lowest BCUT2D eigenvalue weighted by Gasteiger charge is -2.32. The summed E-state index contributed by atoms with van der Waals surface area (Å²) in [5.41, 5.74) is 2.52. The zero-order valence-electron chi connectivity index (χ0n) is 12.3. The number of benzene rings is 1. The highest BCUT2D eigenvalue weighted by Crippen LogP contribution is 2.20. The number of piperidine rings is 1. The summed E-state index contributed by atoms with van der Waals surface area (Å²) in [5.74, 6) is 0.561. The molecule has 0 radical (unpaired) electrons. The molecule has 0 bridgehead atoms. The molecule has 1 aromatic carbocycles. The van der Waals surface area contributed by atoms with Crippen LogP contribution in [0.2, 0.25) is 0 Å². The maximum atomic E-state index is 12.6. The van der Waals surface area contributed by atoms with Crippen LogP contribution in [0.4, 0.5) is 0 Å². The van der Waals surface area contributed by atoms with Gasteiger partial charge in [-0.15, -0.1) is 0 Å². The molecule has 1 N–H and O–H groups in total. The first-order chi connectivity index (χ1) is 10.3. The SMILES string of the molecule is CCOCC1CCCN(C(=O)c2ccc3nc[nH]c3c2)C1. The third kappa shape index (κ3) is 3.08. The number of H-pyrrole nitrogens is 1. The third-order valence-electron chi connectivity index (χ3n) is 4.03. The van der Waals surface area contributed by atoms with Crippen molar-refractivity contribution in [2.45, 2.75) is 19.8 Å². The van der Waals surface area contributed by atoms with Crippen LogP contribution in [0.25, 0.3) is 11.0 Å². The summed E-state index contributed by atoms with van der Waals surface area (Å²) in [6, 6.07) is 5.63. The lowest BCUT2D eigenvalue weighted by atomic mass is 9.98. The van der Waals surface area contributed by atoms with Gasteiger partial charge < -0.3 is 14.6 Å². The van der Waals surface area contributed by atoms with E-state index < -0.39 is 0 Å². The quantitative estimate of drug-likeness (QED) is 0.939. The average molecular weight is 287 g/mol. The predicted molar refractivity (Wildman–Crippen MR) is 81.2 cm³/mol. The van der Waals surface area contributed by atoms with E-state index in [1.54, 1.807) is 6.33 Å². The van der Waals surface area contributed by atoms with Crippen molar-refractivity contribution in [3.05, 3.63) is 30.1 Å². The molecule has 112 valence electrons. The molecule has 1 aliphatic heterocycles. The van der Waals surface area contributed by atoms with E-state index in [1.165, 1.54) is 0 Å². The molecular formula is C16H21N3O2. The number of hydrogen-bond donors (Lipinski definition) is 1. The summed E-state index contributed by atoms with van der Waals surface area (Å²) >= 11 is 0. The molecule has 2 aromatic rings. The largest absolute Gasteiger partial charge is 0.381 e. The number of carbonyl (C=O) groups excluding carboxylic acids is 1. The lowest BCUT2D eigenvalue weighted by molar-refractivity contribution is 0.0501. The molecule has 1 saturated heterocycles. The Morgan fingerprint density at radius 3 is 3.29 bits per heavy atom. The van der Waals surface area contributed by atoms with Gasteiger partial charge in [0, 0.05) is 25.3 Å². The lowest BCUT2D eigenvalue weighted by Crippen LogP contribution is -2.41. The van der Waals surface area contributed by atoms with Gasteiger partial charge in [0.15, 0.2) is 0 Å². The molecule has 1 aliphatic rings. The zero-order chi connectivity index (χ0) is 14.7. The standard InChI is InChI=1S/C16H21N3O2/c1-2-21-10-12-4-3-7-19(9-12)16(20)13-5-6-14-15(8-13)18-11-17-14/h5-6,8,11-12H,2-4,7,9-10H2,1H3,(H,17,18). The molecule has 1 amide bonds. The molecule has 3 rings (SSSR count). The second-order valence-electron chi connectivity index (χ2n) is 5.55. The molecule has 21 heavy (non-hydrogen) atoms. The topological polar surface area (TPSA) is 58.2 Å². The van der Waals surface area contributed by atoms with Gasteiger partial charge in [-0.05, 0) is 43.9 Å². The number of fused-ring (bicyclic) bond motifs is 1. The highest BCUT2D eigenvalue weighted by molar-refractivity contribution is 5.97. The van der Waals surface area contributed by atoms with Crippen molar-refractivity contribution in [3.8, 4) is 0 Å². The van der Waals surface area contributed by atoms with Gasteiger partial charge in [-0.25, -0.2) is 4.98 Å². The third-order valence-corrected chi connectivity index (χ3v) is 4.03. The van der Waals surface area contributed by atoms with Gasteiger partial charge in [0.2, 0.25) is 0 Å². The number of rotatable bonds is 4. The van der Waals surface area contributed by atoms with Crippen molar-refractivity contribution in [2.75, 3.05) is 26.3 Å². The zero-order valence-corrected chi connectivity index (χ0v) is 12.3. The van der Waals surface area contributed by atoms with E-state index in [4.69, 9.17) is 4.74 Å². The summed E-state index contributed by atoms with van der Waals surface area (Å²) in [4.78, 5) is 21.8. The van der Waals surface area contributed by atoms with Crippen molar-refractivity contribution in [3.63, 3.8) is 0 Å². The summed E-state index contributed by atoms with van der Waals surface area (Å²) in [6.07, 6.45) is 3.84. The molecule has 2 heterocycles. The van der Waals surface area contributed by atoms with Crippen LogP contribution in [0, 0.1) is 5.92 Å². The summed E-state index contributed by atoms with van der Waals surface area (Å²) in [5, 5.41) is 0. The van der Waals surface area contributed by atoms with Gasteiger partial charge in [-0.1, -0.05) is 0 Å². The normalized spacial score (nSPS) is 19.1. The van der Waals surface area contributed by atoms with Crippen molar-refractivity contribution < 1.29 is 9.53 Å². The van der Waals surface area contributed by atoms with E-state index >= 15 is 0 Å². The fraction of sp³-hybridized carbons (Fsp3) is 0.500. The number of imidazole rings is 1. The highest BCUT2D eigenvalue weighted by atomic mass is 16.5. The van der Waals surface area contributed by atoms with Crippen molar-refractivity contribution in [1.82, 2.24) is 14.9 Å². The van der Waals surface area contributed by atoms with Gasteiger partial charge in [-0.3, -0.25) is 4.79 Å². The second kappa shape index (κ2) is 6.26. The number of ether oxygens (including phenoxy) is 1. The van der Waals surface area contributed by atoms with Crippen LogP contribution in [-0.4, -0.2) is 47.1 Å². The molecule has 5 heteroatoms. The number of hydrogen-bond acceptors (Lipinski definition) is 3. The summed E-state index contributed by atoms with van der Waals surface area (Å²) in [7, 11) is 0. The number of carbonyl (C=O) groups is 1. The van der Waals surface area contributed by atoms with Gasteiger partial charge in [0.05, 0.1) is 24.0 Å². The maximum absolute atomic E-state index is 12.6. The van der Waals surface area contributed by atoms with Crippen molar-refractivity contribution in [1.29, 1.82) is 0 Å².